The van der Waals surface area contributed by atoms with Crippen LogP contribution in [0.3, 0.4) is 0 Å². The largest absolute Gasteiger partial charge is 0.385 e. The highest BCUT2D eigenvalue weighted by molar-refractivity contribution is 4.78. The molecule has 2 nitrogen and oxygen atoms in total. The molecular weight excluding hydrogens is 186 g/mol. The van der Waals surface area contributed by atoms with E-state index in [4.69, 9.17) is 4.74 Å². The molecule has 0 amide bonds. The van der Waals surface area contributed by atoms with Gasteiger partial charge in [0.1, 0.15) is 0 Å². The average Bonchev–Trinajstić information content (AvgIpc) is 2.27. The molecule has 2 heteroatoms. The lowest BCUT2D eigenvalue weighted by Crippen LogP contribution is -2.40. The number of rotatable bonds is 6. The van der Waals surface area contributed by atoms with E-state index in [-0.39, 0.29) is 0 Å². The maximum absolute atomic E-state index is 5.10. The van der Waals surface area contributed by atoms with Crippen LogP contribution in [0.15, 0.2) is 0 Å². The summed E-state index contributed by atoms with van der Waals surface area (Å²) in [6.07, 6.45) is 8.28. The van der Waals surface area contributed by atoms with Gasteiger partial charge in [-0.3, -0.25) is 0 Å². The minimum absolute atomic E-state index is 0.585. The molecule has 1 N–H and O–H groups in total. The van der Waals surface area contributed by atoms with Crippen LogP contribution in [0.4, 0.5) is 0 Å². The summed E-state index contributed by atoms with van der Waals surface area (Å²) in [6.45, 7) is 5.48. The molecule has 0 spiro atoms. The molecule has 1 fully saturated rings. The summed E-state index contributed by atoms with van der Waals surface area (Å²) in [5.74, 6) is 0.906. The zero-order valence-electron chi connectivity index (χ0n) is 10.6. The third-order valence-electron chi connectivity index (χ3n) is 3.66. The van der Waals surface area contributed by atoms with E-state index in [1.54, 1.807) is 7.11 Å². The zero-order valence-corrected chi connectivity index (χ0v) is 10.6. The van der Waals surface area contributed by atoms with E-state index in [9.17, 15) is 0 Å². The van der Waals surface area contributed by atoms with E-state index in [1.165, 1.54) is 32.1 Å². The van der Waals surface area contributed by atoms with Crippen molar-refractivity contribution in [3.8, 4) is 0 Å². The van der Waals surface area contributed by atoms with Crippen LogP contribution >= 0.6 is 0 Å². The predicted octanol–water partition coefficient (Wildman–Crippen LogP) is 2.97. The molecule has 1 unspecified atom stereocenters. The first-order chi connectivity index (χ1) is 7.24. The van der Waals surface area contributed by atoms with E-state index in [1.807, 2.05) is 0 Å². The van der Waals surface area contributed by atoms with E-state index < -0.39 is 0 Å². The third kappa shape index (κ3) is 4.98. The van der Waals surface area contributed by atoms with Crippen molar-refractivity contribution in [2.24, 2.45) is 5.92 Å². The zero-order chi connectivity index (χ0) is 11.1. The van der Waals surface area contributed by atoms with Gasteiger partial charge in [-0.05, 0) is 39.0 Å². The average molecular weight is 213 g/mol. The SMILES string of the molecule is COCCC(C)N[C@@H](C)C1CCCCC1. The molecule has 15 heavy (non-hydrogen) atoms. The topological polar surface area (TPSA) is 21.3 Å². The summed E-state index contributed by atoms with van der Waals surface area (Å²) < 4.78 is 5.10. The summed E-state index contributed by atoms with van der Waals surface area (Å²) in [5, 5.41) is 3.70. The molecule has 0 heterocycles. The predicted molar refractivity (Wildman–Crippen MR) is 65.1 cm³/mol. The lowest BCUT2D eigenvalue weighted by molar-refractivity contribution is 0.177. The molecule has 0 saturated heterocycles. The second-order valence-corrected chi connectivity index (χ2v) is 5.04. The van der Waals surface area contributed by atoms with Gasteiger partial charge < -0.3 is 10.1 Å². The Hall–Kier alpha value is -0.0800. The van der Waals surface area contributed by atoms with Gasteiger partial charge >= 0.3 is 0 Å². The first kappa shape index (κ1) is 13.0. The molecule has 1 aliphatic rings. The molecular formula is C13H27NO. The van der Waals surface area contributed by atoms with Crippen LogP contribution in [0.25, 0.3) is 0 Å². The highest BCUT2D eigenvalue weighted by atomic mass is 16.5. The number of hydrogen-bond donors (Lipinski definition) is 1. The van der Waals surface area contributed by atoms with Crippen molar-refractivity contribution >= 4 is 0 Å². The minimum Gasteiger partial charge on any atom is -0.385 e. The van der Waals surface area contributed by atoms with Crippen LogP contribution in [-0.2, 0) is 4.74 Å². The fourth-order valence-electron chi connectivity index (χ4n) is 2.60. The monoisotopic (exact) mass is 213 g/mol. The second kappa shape index (κ2) is 7.24. The number of methoxy groups -OCH3 is 1. The van der Waals surface area contributed by atoms with E-state index in [2.05, 4.69) is 19.2 Å². The van der Waals surface area contributed by atoms with Crippen molar-refractivity contribution in [1.29, 1.82) is 0 Å². The molecule has 2 atom stereocenters. The van der Waals surface area contributed by atoms with Gasteiger partial charge in [-0.15, -0.1) is 0 Å². The molecule has 1 rings (SSSR count). The Morgan fingerprint density at radius 2 is 1.87 bits per heavy atom. The third-order valence-corrected chi connectivity index (χ3v) is 3.66. The number of ether oxygens (including phenoxy) is 1. The Labute approximate surface area is 94.8 Å². The van der Waals surface area contributed by atoms with Crippen LogP contribution < -0.4 is 5.32 Å². The van der Waals surface area contributed by atoms with Gasteiger partial charge in [0.05, 0.1) is 0 Å². The van der Waals surface area contributed by atoms with Crippen molar-refractivity contribution in [2.75, 3.05) is 13.7 Å². The Morgan fingerprint density at radius 3 is 2.47 bits per heavy atom. The smallest absolute Gasteiger partial charge is 0.0476 e. The van der Waals surface area contributed by atoms with Crippen molar-refractivity contribution in [1.82, 2.24) is 5.32 Å². The molecule has 90 valence electrons. The first-order valence-electron chi connectivity index (χ1n) is 6.49. The van der Waals surface area contributed by atoms with Crippen molar-refractivity contribution in [3.63, 3.8) is 0 Å². The van der Waals surface area contributed by atoms with Gasteiger partial charge in [0, 0.05) is 25.8 Å². The lowest BCUT2D eigenvalue weighted by Gasteiger charge is -2.30. The molecule has 0 radical (unpaired) electrons. The summed E-state index contributed by atoms with van der Waals surface area (Å²) in [5.41, 5.74) is 0. The standard InChI is InChI=1S/C13H27NO/c1-11(9-10-15-3)14-12(2)13-7-5-4-6-8-13/h11-14H,4-10H2,1-3H3/t11?,12-/m0/s1. The fraction of sp³-hybridized carbons (Fsp3) is 1.00. The summed E-state index contributed by atoms with van der Waals surface area (Å²) >= 11 is 0. The molecule has 1 aliphatic carbocycles. The Morgan fingerprint density at radius 1 is 1.20 bits per heavy atom. The van der Waals surface area contributed by atoms with Crippen molar-refractivity contribution in [3.05, 3.63) is 0 Å². The van der Waals surface area contributed by atoms with E-state index in [0.29, 0.717) is 12.1 Å². The van der Waals surface area contributed by atoms with Gasteiger partial charge in [0.2, 0.25) is 0 Å². The van der Waals surface area contributed by atoms with Gasteiger partial charge in [-0.25, -0.2) is 0 Å². The highest BCUT2D eigenvalue weighted by Gasteiger charge is 2.20. The van der Waals surface area contributed by atoms with Crippen LogP contribution in [0.2, 0.25) is 0 Å². The second-order valence-electron chi connectivity index (χ2n) is 5.04. The van der Waals surface area contributed by atoms with Crippen molar-refractivity contribution in [2.45, 2.75) is 64.5 Å². The number of hydrogen-bond acceptors (Lipinski definition) is 2. The molecule has 0 aliphatic heterocycles. The Kier molecular flexibility index (Phi) is 6.26. The first-order valence-corrected chi connectivity index (χ1v) is 6.49. The van der Waals surface area contributed by atoms with Crippen LogP contribution in [-0.4, -0.2) is 25.8 Å². The summed E-state index contributed by atoms with van der Waals surface area (Å²) in [6, 6.07) is 1.26. The Balaban J connectivity index is 2.17. The van der Waals surface area contributed by atoms with Gasteiger partial charge in [-0.2, -0.15) is 0 Å². The maximum atomic E-state index is 5.10. The van der Waals surface area contributed by atoms with Crippen LogP contribution in [0.1, 0.15) is 52.4 Å². The highest BCUT2D eigenvalue weighted by Crippen LogP contribution is 2.26. The summed E-state index contributed by atoms with van der Waals surface area (Å²) in [4.78, 5) is 0. The normalized spacial score (nSPS) is 22.6. The van der Waals surface area contributed by atoms with Gasteiger partial charge in [-0.1, -0.05) is 19.3 Å². The maximum Gasteiger partial charge on any atom is 0.0476 e. The van der Waals surface area contributed by atoms with Crippen LogP contribution in [0, 0.1) is 5.92 Å². The Bertz CT molecular complexity index is 155. The molecule has 1 saturated carbocycles. The number of nitrogens with one attached hydrogen (secondary N) is 1. The summed E-state index contributed by atoms with van der Waals surface area (Å²) in [7, 11) is 1.78. The van der Waals surface area contributed by atoms with Crippen LogP contribution in [0.5, 0.6) is 0 Å². The van der Waals surface area contributed by atoms with E-state index in [0.717, 1.165) is 18.9 Å². The van der Waals surface area contributed by atoms with Gasteiger partial charge in [0.25, 0.3) is 0 Å². The van der Waals surface area contributed by atoms with Crippen molar-refractivity contribution < 1.29 is 4.74 Å². The van der Waals surface area contributed by atoms with E-state index >= 15 is 0 Å². The molecule has 0 bridgehead atoms. The molecule has 0 aromatic heterocycles. The molecule has 0 aromatic carbocycles. The quantitative estimate of drug-likeness (QED) is 0.732. The fourth-order valence-corrected chi connectivity index (χ4v) is 2.60. The minimum atomic E-state index is 0.585. The van der Waals surface area contributed by atoms with Gasteiger partial charge in [0.15, 0.2) is 0 Å². The lowest BCUT2D eigenvalue weighted by atomic mass is 9.84. The molecule has 0 aromatic rings.